The number of thioether (sulfide) groups is 3. The van der Waals surface area contributed by atoms with Gasteiger partial charge in [0, 0.05) is 60.4 Å². The second-order valence-electron chi connectivity index (χ2n) is 15.2. The first-order valence-corrected chi connectivity index (χ1v) is 21.0. The molecule has 0 aromatic rings. The Labute approximate surface area is 344 Å². The molecule has 0 unspecified atom stereocenters. The predicted octanol–water partition coefficient (Wildman–Crippen LogP) is -2.11. The van der Waals surface area contributed by atoms with Crippen molar-refractivity contribution in [2.45, 2.75) is 128 Å². The van der Waals surface area contributed by atoms with Gasteiger partial charge in [-0.3, -0.25) is 19.4 Å². The highest BCUT2D eigenvalue weighted by molar-refractivity contribution is 8.15. The lowest BCUT2D eigenvalue weighted by Crippen LogP contribution is -2.59. The second kappa shape index (κ2) is 21.4. The zero-order valence-electron chi connectivity index (χ0n) is 35.3. The standard InChI is InChI=1S/C12H23N3O3S.C11H21N3O3S.C10H19N3O3S.CH3F/c1-6(14(2)3)10-9(17)8(16)7-11(18-10)19-12(13-7)15(4)5;1-5(12-2)9-8(16)7(15)6-10(17-9)18-11(13-6)14(3)4;1-4(11)8-7(15)6(14)5-9(16-8)17-10(12-5)13(2)3;1-2/h6-11,16-17H,1-5H3;5-10,12,15-16H,1-4H3;4-9,14-15H,11H2,1-3H3;1H3/t6-,7+,8+,9-,10+,11+;5-,6+,7+,8-,9+,10+;4-,5+,6+,7-,8+,9+;/m000./s1/i;;;1D. The highest BCUT2D eigenvalue weighted by Crippen LogP contribution is 2.40. The van der Waals surface area contributed by atoms with E-state index in [0.29, 0.717) is 0 Å². The molecule has 326 valence electrons. The molecule has 18 atom stereocenters. The Balaban J connectivity index is 0.000000221. The van der Waals surface area contributed by atoms with Crippen LogP contribution in [0.4, 0.5) is 4.39 Å². The summed E-state index contributed by atoms with van der Waals surface area (Å²) < 4.78 is 33.1. The molecule has 6 aliphatic rings. The lowest BCUT2D eigenvalue weighted by atomic mass is 9.94. The summed E-state index contributed by atoms with van der Waals surface area (Å²) in [5, 5.41) is 66.2. The zero-order chi connectivity index (χ0) is 43.2. The third kappa shape index (κ3) is 11.2. The van der Waals surface area contributed by atoms with E-state index in [0.717, 1.165) is 15.5 Å². The van der Waals surface area contributed by atoms with Crippen LogP contribution in [-0.4, -0.2) is 244 Å². The van der Waals surface area contributed by atoms with Crippen LogP contribution in [0.3, 0.4) is 0 Å². The number of aliphatic imine (C=N–C) groups is 3. The minimum absolute atomic E-state index is 0.0228. The first-order chi connectivity index (χ1) is 26.6. The van der Waals surface area contributed by atoms with Crippen molar-refractivity contribution in [1.82, 2.24) is 24.9 Å². The molecule has 0 aliphatic carbocycles. The van der Waals surface area contributed by atoms with Gasteiger partial charge in [-0.25, -0.2) is 0 Å². The fourth-order valence-corrected chi connectivity index (χ4v) is 9.92. The summed E-state index contributed by atoms with van der Waals surface area (Å²) >= 11 is 4.46. The lowest BCUT2D eigenvalue weighted by molar-refractivity contribution is -0.169. The number of hydrogen-bond acceptors (Lipinski definition) is 21. The Morgan fingerprint density at radius 3 is 1.23 bits per heavy atom. The Morgan fingerprint density at radius 2 is 0.929 bits per heavy atom. The van der Waals surface area contributed by atoms with Gasteiger partial charge in [-0.2, -0.15) is 0 Å². The van der Waals surface area contributed by atoms with Crippen molar-refractivity contribution >= 4 is 50.8 Å². The number of alkyl halides is 1. The van der Waals surface area contributed by atoms with E-state index in [1.807, 2.05) is 96.9 Å². The molecule has 3 fully saturated rings. The van der Waals surface area contributed by atoms with Crippen LogP contribution >= 0.6 is 35.3 Å². The second-order valence-corrected chi connectivity index (χ2v) is 18.4. The van der Waals surface area contributed by atoms with Gasteiger partial charge in [0.05, 0.1) is 8.52 Å². The van der Waals surface area contributed by atoms with E-state index in [4.69, 9.17) is 21.3 Å². The van der Waals surface area contributed by atoms with E-state index < -0.39 is 68.1 Å². The number of nitrogens with two attached hydrogens (primary N) is 1. The van der Waals surface area contributed by atoms with E-state index in [1.54, 1.807) is 6.92 Å². The topological polar surface area (TPSA) is 237 Å². The largest absolute Gasteiger partial charge is 0.388 e. The van der Waals surface area contributed by atoms with Gasteiger partial charge in [0.25, 0.3) is 0 Å². The number of nitrogens with zero attached hydrogens (tertiary/aromatic N) is 7. The van der Waals surface area contributed by atoms with Crippen molar-refractivity contribution in [3.8, 4) is 0 Å². The molecule has 0 amide bonds. The van der Waals surface area contributed by atoms with Gasteiger partial charge < -0.3 is 75.5 Å². The Hall–Kier alpha value is -1.09. The van der Waals surface area contributed by atoms with Crippen LogP contribution in [0.15, 0.2) is 15.0 Å². The van der Waals surface area contributed by atoms with Gasteiger partial charge in [0.1, 0.15) is 89.4 Å². The molecule has 6 aliphatic heterocycles. The summed E-state index contributed by atoms with van der Waals surface area (Å²) in [7, 11) is 16.1. The molecule has 18 nitrogen and oxygen atoms in total. The molecule has 56 heavy (non-hydrogen) atoms. The molecule has 9 N–H and O–H groups in total. The van der Waals surface area contributed by atoms with Crippen molar-refractivity contribution in [3.05, 3.63) is 0 Å². The minimum atomic E-state index is -1.00. The van der Waals surface area contributed by atoms with E-state index in [1.165, 1.54) is 35.3 Å². The first-order valence-electron chi connectivity index (χ1n) is 19.1. The maximum Gasteiger partial charge on any atom is 0.161 e. The molecule has 0 radical (unpaired) electrons. The van der Waals surface area contributed by atoms with E-state index in [9.17, 15) is 35.0 Å². The fraction of sp³-hybridized carbons (Fsp3) is 0.912. The van der Waals surface area contributed by atoms with Crippen molar-refractivity contribution in [2.75, 3.05) is 70.6 Å². The Morgan fingerprint density at radius 1 is 0.625 bits per heavy atom. The maximum absolute atomic E-state index is 10.3. The summed E-state index contributed by atoms with van der Waals surface area (Å²) in [6, 6.07) is -1.52. The molecule has 3 saturated heterocycles. The van der Waals surface area contributed by atoms with Crippen LogP contribution in [-0.2, 0) is 14.2 Å². The van der Waals surface area contributed by atoms with Gasteiger partial charge in [-0.1, -0.05) is 35.3 Å². The van der Waals surface area contributed by atoms with Gasteiger partial charge in [0.15, 0.2) is 15.5 Å². The number of rotatable bonds is 5. The highest BCUT2D eigenvalue weighted by atomic mass is 32.2. The van der Waals surface area contributed by atoms with Gasteiger partial charge in [0.2, 0.25) is 0 Å². The van der Waals surface area contributed by atoms with Gasteiger partial charge in [-0.15, -0.1) is 0 Å². The molecule has 0 spiro atoms. The Bertz CT molecular complexity index is 1370. The third-order valence-corrected chi connectivity index (χ3v) is 14.1. The number of halogens is 1. The molecule has 0 saturated carbocycles. The summed E-state index contributed by atoms with van der Waals surface area (Å²) in [5.74, 6) is 0. The number of aliphatic hydroxyl groups excluding tert-OH is 6. The summed E-state index contributed by atoms with van der Waals surface area (Å²) in [6.07, 6.45) is -6.87. The number of fused-ring (bicyclic) bond motifs is 3. The van der Waals surface area contributed by atoms with Crippen molar-refractivity contribution in [3.63, 3.8) is 0 Å². The summed E-state index contributed by atoms with van der Waals surface area (Å²) in [5.41, 5.74) is 5.04. The highest BCUT2D eigenvalue weighted by Gasteiger charge is 2.52. The van der Waals surface area contributed by atoms with Crippen LogP contribution in [0.25, 0.3) is 0 Å². The van der Waals surface area contributed by atoms with Crippen LogP contribution < -0.4 is 11.1 Å². The molecule has 22 heteroatoms. The SMILES string of the molecule is CN[C@@H](C)[C@H]1O[C@@H]2SC(N(C)C)=N[C@@H]2[C@@H](O)[C@@H]1O.C[C@@H]([C@H]1O[C@@H]2SC(N(C)C)=N[C@@H]2[C@@H](O)[C@@H]1O)N(C)C.C[C@H](N)[C@H]1O[C@@H]2SC(N(C)C)=N[C@@H]2[C@@H](O)[C@@H]1O.[2H]CF. The van der Waals surface area contributed by atoms with Crippen LogP contribution in [0.1, 0.15) is 22.1 Å². The first kappa shape index (κ1) is 47.6. The number of ether oxygens (including phenoxy) is 3. The normalized spacial score (nSPS) is 40.2. The monoisotopic (exact) mass is 860 g/mol. The average molecular weight is 861 g/mol. The molecule has 0 aromatic carbocycles. The number of amidine groups is 3. The van der Waals surface area contributed by atoms with E-state index in [2.05, 4.69) is 20.3 Å². The van der Waals surface area contributed by atoms with Crippen LogP contribution in [0, 0.1) is 0 Å². The molecular formula is C34H66FN9O9S3. The zero-order valence-corrected chi connectivity index (χ0v) is 36.8. The van der Waals surface area contributed by atoms with Gasteiger partial charge >= 0.3 is 0 Å². The predicted molar refractivity (Wildman–Crippen MR) is 222 cm³/mol. The van der Waals surface area contributed by atoms with Crippen molar-refractivity contribution < 1.29 is 50.6 Å². The quantitative estimate of drug-likeness (QED) is 0.148. The van der Waals surface area contributed by atoms with E-state index >= 15 is 0 Å². The third-order valence-electron chi connectivity index (χ3n) is 10.2. The molecule has 6 heterocycles. The molecule has 0 aromatic heterocycles. The maximum atomic E-state index is 10.3. The number of likely N-dealkylation sites (N-methyl/N-ethyl adjacent to an activating group) is 2. The number of aliphatic hydroxyl groups is 6. The lowest BCUT2D eigenvalue weighted by Gasteiger charge is -2.42. The summed E-state index contributed by atoms with van der Waals surface area (Å²) in [4.78, 5) is 20.8. The number of hydrogen-bond donors (Lipinski definition) is 8. The smallest absolute Gasteiger partial charge is 0.161 e. The minimum Gasteiger partial charge on any atom is -0.388 e. The van der Waals surface area contributed by atoms with Gasteiger partial charge in [-0.05, 0) is 41.9 Å². The summed E-state index contributed by atoms with van der Waals surface area (Å²) in [6.45, 7) is 5.66. The molecular weight excluding hydrogens is 794 g/mol. The molecule has 6 rings (SSSR count). The Kier molecular flexibility index (Phi) is 18.2. The number of nitrogens with one attached hydrogen (secondary N) is 1. The van der Waals surface area contributed by atoms with Crippen LogP contribution in [0.2, 0.25) is 0 Å². The van der Waals surface area contributed by atoms with Crippen molar-refractivity contribution in [2.24, 2.45) is 20.7 Å². The molecule has 0 bridgehead atoms. The fourth-order valence-electron chi connectivity index (χ4n) is 6.48. The average Bonchev–Trinajstić information content (AvgIpc) is 3.91. The van der Waals surface area contributed by atoms with E-state index in [-0.39, 0.29) is 46.5 Å². The van der Waals surface area contributed by atoms with Crippen LogP contribution in [0.5, 0.6) is 0 Å². The van der Waals surface area contributed by atoms with Crippen molar-refractivity contribution in [1.29, 1.82) is 0 Å².